The summed E-state index contributed by atoms with van der Waals surface area (Å²) in [5.41, 5.74) is 5.54. The first kappa shape index (κ1) is 11.4. The Kier molecular flexibility index (Phi) is 3.43. The van der Waals surface area contributed by atoms with Gasteiger partial charge in [0.25, 0.3) is 0 Å². The van der Waals surface area contributed by atoms with Crippen LogP contribution in [-0.2, 0) is 6.54 Å². The molecule has 0 aromatic carbocycles. The maximum atomic E-state index is 11.6. The summed E-state index contributed by atoms with van der Waals surface area (Å²) in [5, 5.41) is 4.34. The summed E-state index contributed by atoms with van der Waals surface area (Å²) in [5.74, 6) is 1.29. The van der Waals surface area contributed by atoms with Crippen LogP contribution < -0.4 is 11.4 Å². The van der Waals surface area contributed by atoms with Crippen LogP contribution in [0, 0.1) is 0 Å². The second kappa shape index (κ2) is 4.82. The first-order valence-electron chi connectivity index (χ1n) is 6.09. The SMILES string of the molecule is CC(N)Cn1nc(C2CCCCC2)[nH]c1=O. The molecule has 1 unspecified atom stereocenters. The summed E-state index contributed by atoms with van der Waals surface area (Å²) in [7, 11) is 0. The molecule has 5 heteroatoms. The van der Waals surface area contributed by atoms with Crippen LogP contribution in [0.5, 0.6) is 0 Å². The summed E-state index contributed by atoms with van der Waals surface area (Å²) in [4.78, 5) is 14.5. The van der Waals surface area contributed by atoms with E-state index in [1.54, 1.807) is 0 Å². The van der Waals surface area contributed by atoms with Crippen molar-refractivity contribution >= 4 is 0 Å². The molecule has 1 aromatic heterocycles. The molecule has 0 amide bonds. The molecule has 5 nitrogen and oxygen atoms in total. The van der Waals surface area contributed by atoms with Gasteiger partial charge in [0.15, 0.2) is 0 Å². The van der Waals surface area contributed by atoms with Crippen LogP contribution in [0.3, 0.4) is 0 Å². The number of hydrogen-bond acceptors (Lipinski definition) is 3. The molecular formula is C11H20N4O. The smallest absolute Gasteiger partial charge is 0.326 e. The molecule has 90 valence electrons. The van der Waals surface area contributed by atoms with Crippen molar-refractivity contribution in [3.05, 3.63) is 16.3 Å². The Morgan fingerprint density at radius 1 is 1.50 bits per heavy atom. The fourth-order valence-corrected chi connectivity index (χ4v) is 2.33. The molecule has 3 N–H and O–H groups in total. The minimum atomic E-state index is -0.127. The zero-order valence-corrected chi connectivity index (χ0v) is 9.78. The molecule has 0 spiro atoms. The largest absolute Gasteiger partial charge is 0.343 e. The Morgan fingerprint density at radius 2 is 2.19 bits per heavy atom. The quantitative estimate of drug-likeness (QED) is 0.803. The van der Waals surface area contributed by atoms with Crippen molar-refractivity contribution in [3.63, 3.8) is 0 Å². The molecule has 1 aliphatic rings. The monoisotopic (exact) mass is 224 g/mol. The molecule has 0 aliphatic heterocycles. The summed E-state index contributed by atoms with van der Waals surface area (Å²) in [6, 6.07) is -0.0415. The first-order valence-corrected chi connectivity index (χ1v) is 6.09. The van der Waals surface area contributed by atoms with Crippen LogP contribution in [-0.4, -0.2) is 20.8 Å². The minimum Gasteiger partial charge on any atom is -0.326 e. The second-order valence-electron chi connectivity index (χ2n) is 4.81. The van der Waals surface area contributed by atoms with Crippen molar-refractivity contribution in [2.75, 3.05) is 0 Å². The number of nitrogens with one attached hydrogen (secondary N) is 1. The van der Waals surface area contributed by atoms with Gasteiger partial charge in [-0.05, 0) is 19.8 Å². The zero-order chi connectivity index (χ0) is 11.5. The molecule has 1 fully saturated rings. The molecule has 1 aliphatic carbocycles. The lowest BCUT2D eigenvalue weighted by atomic mass is 9.89. The lowest BCUT2D eigenvalue weighted by Gasteiger charge is -2.18. The van der Waals surface area contributed by atoms with Crippen LogP contribution in [0.15, 0.2) is 4.79 Å². The first-order chi connectivity index (χ1) is 7.66. The van der Waals surface area contributed by atoms with Gasteiger partial charge in [-0.3, -0.25) is 4.98 Å². The van der Waals surface area contributed by atoms with Crippen LogP contribution in [0.1, 0.15) is 50.8 Å². The minimum absolute atomic E-state index is 0.0415. The van der Waals surface area contributed by atoms with Crippen LogP contribution >= 0.6 is 0 Å². The number of H-pyrrole nitrogens is 1. The van der Waals surface area contributed by atoms with E-state index in [0.29, 0.717) is 12.5 Å². The van der Waals surface area contributed by atoms with Crippen molar-refractivity contribution in [1.82, 2.24) is 14.8 Å². The predicted molar refractivity (Wildman–Crippen MR) is 62.3 cm³/mol. The molecule has 16 heavy (non-hydrogen) atoms. The highest BCUT2D eigenvalue weighted by Gasteiger charge is 2.19. The van der Waals surface area contributed by atoms with Crippen molar-refractivity contribution in [1.29, 1.82) is 0 Å². The van der Waals surface area contributed by atoms with Crippen LogP contribution in [0.2, 0.25) is 0 Å². The van der Waals surface area contributed by atoms with E-state index in [4.69, 9.17) is 5.73 Å². The summed E-state index contributed by atoms with van der Waals surface area (Å²) in [6.07, 6.45) is 6.08. The molecule has 1 atom stereocenters. The summed E-state index contributed by atoms with van der Waals surface area (Å²) < 4.78 is 1.45. The third-order valence-corrected chi connectivity index (χ3v) is 3.15. The van der Waals surface area contributed by atoms with Crippen LogP contribution in [0.4, 0.5) is 0 Å². The number of nitrogens with two attached hydrogens (primary N) is 1. The Bertz CT molecular complexity index is 387. The highest BCUT2D eigenvalue weighted by molar-refractivity contribution is 4.95. The van der Waals surface area contributed by atoms with E-state index < -0.39 is 0 Å². The van der Waals surface area contributed by atoms with E-state index >= 15 is 0 Å². The van der Waals surface area contributed by atoms with Crippen molar-refractivity contribution in [3.8, 4) is 0 Å². The van der Waals surface area contributed by atoms with Gasteiger partial charge in [-0.1, -0.05) is 19.3 Å². The average Bonchev–Trinajstić information content (AvgIpc) is 2.61. The lowest BCUT2D eigenvalue weighted by Crippen LogP contribution is -2.29. The van der Waals surface area contributed by atoms with E-state index in [1.165, 1.54) is 23.9 Å². The van der Waals surface area contributed by atoms with Crippen molar-refractivity contribution in [2.24, 2.45) is 5.73 Å². The standard InChI is InChI=1S/C11H20N4O/c1-8(12)7-15-11(16)13-10(14-15)9-5-3-2-4-6-9/h8-9H,2-7,12H2,1H3,(H,13,14,16). The average molecular weight is 224 g/mol. The predicted octanol–water partition coefficient (Wildman–Crippen LogP) is 0.966. The Balaban J connectivity index is 2.13. The Labute approximate surface area is 95.0 Å². The third kappa shape index (κ3) is 2.52. The molecule has 0 saturated heterocycles. The van der Waals surface area contributed by atoms with E-state index in [9.17, 15) is 4.79 Å². The topological polar surface area (TPSA) is 76.7 Å². The van der Waals surface area contributed by atoms with Gasteiger partial charge >= 0.3 is 5.69 Å². The maximum absolute atomic E-state index is 11.6. The lowest BCUT2D eigenvalue weighted by molar-refractivity contribution is 0.423. The molecule has 1 saturated carbocycles. The number of aromatic nitrogens is 3. The second-order valence-corrected chi connectivity index (χ2v) is 4.81. The number of nitrogens with zero attached hydrogens (tertiary/aromatic N) is 2. The molecule has 1 aromatic rings. The fourth-order valence-electron chi connectivity index (χ4n) is 2.33. The maximum Gasteiger partial charge on any atom is 0.343 e. The van der Waals surface area contributed by atoms with Crippen LogP contribution in [0.25, 0.3) is 0 Å². The van der Waals surface area contributed by atoms with Crippen molar-refractivity contribution < 1.29 is 0 Å². The van der Waals surface area contributed by atoms with Gasteiger partial charge in [0.05, 0.1) is 6.54 Å². The van der Waals surface area contributed by atoms with E-state index in [-0.39, 0.29) is 11.7 Å². The number of rotatable bonds is 3. The Morgan fingerprint density at radius 3 is 2.81 bits per heavy atom. The highest BCUT2D eigenvalue weighted by atomic mass is 16.1. The molecular weight excluding hydrogens is 204 g/mol. The van der Waals surface area contributed by atoms with E-state index in [2.05, 4.69) is 10.1 Å². The van der Waals surface area contributed by atoms with Crippen molar-refractivity contribution in [2.45, 2.75) is 57.5 Å². The normalized spacial score (nSPS) is 19.9. The summed E-state index contributed by atoms with van der Waals surface area (Å²) in [6.45, 7) is 2.36. The molecule has 0 bridgehead atoms. The zero-order valence-electron chi connectivity index (χ0n) is 9.78. The highest BCUT2D eigenvalue weighted by Crippen LogP contribution is 2.29. The fraction of sp³-hybridized carbons (Fsp3) is 0.818. The Hall–Kier alpha value is -1.10. The summed E-state index contributed by atoms with van der Waals surface area (Å²) >= 11 is 0. The van der Waals surface area contributed by atoms with Gasteiger partial charge in [-0.2, -0.15) is 5.10 Å². The molecule has 1 heterocycles. The molecule has 0 radical (unpaired) electrons. The number of aromatic amines is 1. The van der Waals surface area contributed by atoms with Gasteiger partial charge in [-0.25, -0.2) is 9.48 Å². The van der Waals surface area contributed by atoms with Gasteiger partial charge in [0, 0.05) is 12.0 Å². The van der Waals surface area contributed by atoms with Gasteiger partial charge in [-0.15, -0.1) is 0 Å². The van der Waals surface area contributed by atoms with Gasteiger partial charge < -0.3 is 5.73 Å². The van der Waals surface area contributed by atoms with Gasteiger partial charge in [0.1, 0.15) is 5.82 Å². The van der Waals surface area contributed by atoms with Gasteiger partial charge in [0.2, 0.25) is 0 Å². The van der Waals surface area contributed by atoms with E-state index in [0.717, 1.165) is 18.7 Å². The molecule has 2 rings (SSSR count). The van der Waals surface area contributed by atoms with E-state index in [1.807, 2.05) is 6.92 Å². The third-order valence-electron chi connectivity index (χ3n) is 3.15. The number of hydrogen-bond donors (Lipinski definition) is 2.